The van der Waals surface area contributed by atoms with Crippen LogP contribution in [0, 0.1) is 5.92 Å². The summed E-state index contributed by atoms with van der Waals surface area (Å²) in [7, 11) is -3.34. The van der Waals surface area contributed by atoms with Crippen molar-refractivity contribution in [3.8, 4) is 0 Å². The lowest BCUT2D eigenvalue weighted by atomic mass is 10.0. The highest BCUT2D eigenvalue weighted by molar-refractivity contribution is 7.90. The fraction of sp³-hybridized carbons (Fsp3) is 0.462. The molecule has 1 aromatic rings. The molecule has 0 saturated heterocycles. The van der Waals surface area contributed by atoms with Crippen LogP contribution >= 0.6 is 0 Å². The number of nitrogens with one attached hydrogen (secondary N) is 1. The second-order valence-electron chi connectivity index (χ2n) is 4.81. The van der Waals surface area contributed by atoms with Crippen LogP contribution in [0.1, 0.15) is 24.2 Å². The highest BCUT2D eigenvalue weighted by atomic mass is 32.2. The zero-order valence-corrected chi connectivity index (χ0v) is 12.1. The molecule has 0 fully saturated rings. The van der Waals surface area contributed by atoms with E-state index < -0.39 is 15.7 Å². The number of sulfone groups is 1. The Morgan fingerprint density at radius 2 is 2.00 bits per heavy atom. The third-order valence-corrected chi connectivity index (χ3v) is 3.95. The van der Waals surface area contributed by atoms with Crippen molar-refractivity contribution in [3.63, 3.8) is 0 Å². The van der Waals surface area contributed by atoms with Gasteiger partial charge in [0.05, 0.1) is 17.5 Å². The van der Waals surface area contributed by atoms with Gasteiger partial charge in [-0.15, -0.1) is 0 Å². The van der Waals surface area contributed by atoms with E-state index in [0.29, 0.717) is 0 Å². The quantitative estimate of drug-likeness (QED) is 0.839. The summed E-state index contributed by atoms with van der Waals surface area (Å²) in [6, 6.07) is 5.49. The van der Waals surface area contributed by atoms with Crippen LogP contribution in [0.5, 0.6) is 0 Å². The molecule has 0 aliphatic rings. The first-order valence-corrected chi connectivity index (χ1v) is 7.86. The van der Waals surface area contributed by atoms with E-state index in [1.807, 2.05) is 13.8 Å². The molecule has 1 unspecified atom stereocenters. The Labute approximate surface area is 113 Å². The van der Waals surface area contributed by atoms with Gasteiger partial charge in [-0.1, -0.05) is 19.9 Å². The van der Waals surface area contributed by atoms with Crippen LogP contribution in [-0.4, -0.2) is 38.3 Å². The largest absolute Gasteiger partial charge is 0.394 e. The van der Waals surface area contributed by atoms with Crippen LogP contribution in [0.25, 0.3) is 0 Å². The van der Waals surface area contributed by atoms with Gasteiger partial charge in [0.15, 0.2) is 9.84 Å². The molecule has 6 heteroatoms. The minimum Gasteiger partial charge on any atom is -0.394 e. The highest BCUT2D eigenvalue weighted by Gasteiger charge is 2.17. The van der Waals surface area contributed by atoms with Crippen molar-refractivity contribution in [1.82, 2.24) is 5.32 Å². The van der Waals surface area contributed by atoms with Crippen molar-refractivity contribution in [2.45, 2.75) is 24.8 Å². The number of amides is 1. The molecule has 1 rings (SSSR count). The number of benzene rings is 1. The molecule has 0 aliphatic heterocycles. The second-order valence-corrected chi connectivity index (χ2v) is 6.82. The van der Waals surface area contributed by atoms with Crippen molar-refractivity contribution in [3.05, 3.63) is 29.8 Å². The van der Waals surface area contributed by atoms with Crippen LogP contribution in [0.15, 0.2) is 29.2 Å². The predicted octanol–water partition coefficient (Wildman–Crippen LogP) is 0.837. The lowest BCUT2D eigenvalue weighted by Crippen LogP contribution is -2.41. The Morgan fingerprint density at radius 3 is 2.47 bits per heavy atom. The average Bonchev–Trinajstić information content (AvgIpc) is 2.34. The lowest BCUT2D eigenvalue weighted by molar-refractivity contribution is 0.0896. The summed E-state index contributed by atoms with van der Waals surface area (Å²) >= 11 is 0. The normalized spacial score (nSPS) is 13.3. The molecule has 0 bridgehead atoms. The monoisotopic (exact) mass is 285 g/mol. The van der Waals surface area contributed by atoms with Crippen LogP contribution in [0.2, 0.25) is 0 Å². The summed E-state index contributed by atoms with van der Waals surface area (Å²) in [5.74, 6) is -0.301. The molecule has 106 valence electrons. The van der Waals surface area contributed by atoms with Gasteiger partial charge in [-0.2, -0.15) is 0 Å². The molecule has 1 atom stereocenters. The zero-order chi connectivity index (χ0) is 14.6. The van der Waals surface area contributed by atoms with Gasteiger partial charge in [0.25, 0.3) is 5.91 Å². The predicted molar refractivity (Wildman–Crippen MR) is 72.7 cm³/mol. The first-order valence-electron chi connectivity index (χ1n) is 5.97. The Hall–Kier alpha value is -1.40. The zero-order valence-electron chi connectivity index (χ0n) is 11.3. The Balaban J connectivity index is 2.95. The molecule has 19 heavy (non-hydrogen) atoms. The van der Waals surface area contributed by atoms with E-state index in [1.165, 1.54) is 18.2 Å². The fourth-order valence-corrected chi connectivity index (χ4v) is 2.21. The van der Waals surface area contributed by atoms with Crippen molar-refractivity contribution in [2.75, 3.05) is 12.9 Å². The summed E-state index contributed by atoms with van der Waals surface area (Å²) in [6.07, 6.45) is 1.09. The molecule has 0 radical (unpaired) electrons. The maximum atomic E-state index is 12.0. The Kier molecular flexibility index (Phi) is 5.08. The molecule has 0 aliphatic carbocycles. The number of carbonyl (C=O) groups excluding carboxylic acids is 1. The molecule has 0 saturated carbocycles. The van der Waals surface area contributed by atoms with Crippen molar-refractivity contribution < 1.29 is 18.3 Å². The maximum absolute atomic E-state index is 12.0. The molecular formula is C13H19NO4S. The van der Waals surface area contributed by atoms with Gasteiger partial charge in [-0.3, -0.25) is 4.79 Å². The summed E-state index contributed by atoms with van der Waals surface area (Å²) < 4.78 is 22.8. The first-order chi connectivity index (χ1) is 8.75. The molecule has 0 heterocycles. The third-order valence-electron chi connectivity index (χ3n) is 2.84. The first kappa shape index (κ1) is 15.7. The van der Waals surface area contributed by atoms with Gasteiger partial charge >= 0.3 is 0 Å². The highest BCUT2D eigenvalue weighted by Crippen LogP contribution is 2.12. The van der Waals surface area contributed by atoms with Gasteiger partial charge < -0.3 is 10.4 Å². The number of rotatable bonds is 5. The van der Waals surface area contributed by atoms with Crippen LogP contribution in [-0.2, 0) is 9.84 Å². The number of hydrogen-bond acceptors (Lipinski definition) is 4. The van der Waals surface area contributed by atoms with Crippen molar-refractivity contribution in [2.24, 2.45) is 5.92 Å². The van der Waals surface area contributed by atoms with E-state index in [-0.39, 0.29) is 29.0 Å². The maximum Gasteiger partial charge on any atom is 0.251 e. The van der Waals surface area contributed by atoms with Crippen LogP contribution < -0.4 is 5.32 Å². The van der Waals surface area contributed by atoms with Crippen molar-refractivity contribution >= 4 is 15.7 Å². The topological polar surface area (TPSA) is 83.5 Å². The van der Waals surface area contributed by atoms with E-state index in [2.05, 4.69) is 5.32 Å². The van der Waals surface area contributed by atoms with Crippen LogP contribution in [0.4, 0.5) is 0 Å². The Morgan fingerprint density at radius 1 is 1.37 bits per heavy atom. The summed E-state index contributed by atoms with van der Waals surface area (Å²) in [6.45, 7) is 3.61. The standard InChI is InChI=1S/C13H19NO4S/c1-9(2)12(8-15)14-13(16)10-5-4-6-11(7-10)19(3,17)18/h4-7,9,12,15H,8H2,1-3H3,(H,14,16). The Bertz CT molecular complexity index is 552. The lowest BCUT2D eigenvalue weighted by Gasteiger charge is -2.19. The van der Waals surface area contributed by atoms with E-state index in [0.717, 1.165) is 6.26 Å². The molecule has 0 spiro atoms. The smallest absolute Gasteiger partial charge is 0.251 e. The summed E-state index contributed by atoms with van der Waals surface area (Å²) in [5, 5.41) is 11.8. The van der Waals surface area contributed by atoms with E-state index in [9.17, 15) is 13.2 Å². The van der Waals surface area contributed by atoms with Gasteiger partial charge in [-0.05, 0) is 24.1 Å². The number of hydrogen-bond donors (Lipinski definition) is 2. The minimum atomic E-state index is -3.34. The second kappa shape index (κ2) is 6.16. The number of carbonyl (C=O) groups is 1. The van der Waals surface area contributed by atoms with E-state index in [4.69, 9.17) is 5.11 Å². The van der Waals surface area contributed by atoms with Crippen LogP contribution in [0.3, 0.4) is 0 Å². The molecule has 2 N–H and O–H groups in total. The average molecular weight is 285 g/mol. The molecular weight excluding hydrogens is 266 g/mol. The summed E-state index contributed by atoms with van der Waals surface area (Å²) in [5.41, 5.74) is 0.266. The molecule has 5 nitrogen and oxygen atoms in total. The number of aliphatic hydroxyl groups excluding tert-OH is 1. The van der Waals surface area contributed by atoms with Crippen molar-refractivity contribution in [1.29, 1.82) is 0 Å². The minimum absolute atomic E-state index is 0.0899. The number of aliphatic hydroxyl groups is 1. The molecule has 0 aromatic heterocycles. The summed E-state index contributed by atoms with van der Waals surface area (Å²) in [4.78, 5) is 12.1. The van der Waals surface area contributed by atoms with E-state index in [1.54, 1.807) is 6.07 Å². The van der Waals surface area contributed by atoms with Gasteiger partial charge in [-0.25, -0.2) is 8.42 Å². The third kappa shape index (κ3) is 4.33. The van der Waals surface area contributed by atoms with Gasteiger partial charge in [0.2, 0.25) is 0 Å². The van der Waals surface area contributed by atoms with Gasteiger partial charge in [0, 0.05) is 11.8 Å². The molecule has 1 amide bonds. The van der Waals surface area contributed by atoms with E-state index >= 15 is 0 Å². The fourth-order valence-electron chi connectivity index (χ4n) is 1.54. The van der Waals surface area contributed by atoms with Gasteiger partial charge in [0.1, 0.15) is 0 Å². The SMILES string of the molecule is CC(C)C(CO)NC(=O)c1cccc(S(C)(=O)=O)c1. The molecule has 1 aromatic carbocycles.